The second-order valence-corrected chi connectivity index (χ2v) is 9.27. The number of carbonyl (C=O) groups excluding carboxylic acids is 2. The maximum absolute atomic E-state index is 12.7. The number of aryl methyl sites for hydroxylation is 1. The highest BCUT2D eigenvalue weighted by Gasteiger charge is 2.34. The molecule has 1 N–H and O–H groups in total. The molecule has 1 saturated heterocycles. The van der Waals surface area contributed by atoms with Crippen molar-refractivity contribution in [1.29, 1.82) is 0 Å². The number of amides is 2. The zero-order valence-corrected chi connectivity index (χ0v) is 17.7. The Labute approximate surface area is 170 Å². The Morgan fingerprint density at radius 3 is 2.82 bits per heavy atom. The zero-order valence-electron chi connectivity index (χ0n) is 16.9. The van der Waals surface area contributed by atoms with E-state index in [1.54, 1.807) is 16.2 Å². The van der Waals surface area contributed by atoms with Crippen LogP contribution < -0.4 is 5.32 Å². The predicted octanol–water partition coefficient (Wildman–Crippen LogP) is 4.13. The summed E-state index contributed by atoms with van der Waals surface area (Å²) in [5.74, 6) is -0.0881. The number of rotatable bonds is 5. The highest BCUT2D eigenvalue weighted by molar-refractivity contribution is 7.18. The molecular weight excluding hydrogens is 374 g/mol. The summed E-state index contributed by atoms with van der Waals surface area (Å²) in [6.45, 7) is 6.66. The summed E-state index contributed by atoms with van der Waals surface area (Å²) in [6, 6.07) is 7.67. The number of benzene rings is 1. The molecule has 1 atom stereocenters. The van der Waals surface area contributed by atoms with E-state index in [9.17, 15) is 9.59 Å². The van der Waals surface area contributed by atoms with Gasteiger partial charge in [-0.2, -0.15) is 0 Å². The maximum Gasteiger partial charge on any atom is 0.410 e. The van der Waals surface area contributed by atoms with Gasteiger partial charge in [-0.3, -0.25) is 9.69 Å². The Balaban J connectivity index is 1.49. The topological polar surface area (TPSA) is 71.5 Å². The van der Waals surface area contributed by atoms with E-state index in [2.05, 4.69) is 16.4 Å². The van der Waals surface area contributed by atoms with E-state index in [1.165, 1.54) is 4.70 Å². The first-order valence-electron chi connectivity index (χ1n) is 9.95. The number of nitrogens with one attached hydrogen (secondary N) is 1. The minimum Gasteiger partial charge on any atom is -0.444 e. The van der Waals surface area contributed by atoms with E-state index < -0.39 is 17.7 Å². The molecule has 1 aliphatic heterocycles. The number of nitrogens with zero attached hydrogens (tertiary/aromatic N) is 2. The lowest BCUT2D eigenvalue weighted by molar-refractivity contribution is -0.127. The third-order valence-corrected chi connectivity index (χ3v) is 5.73. The highest BCUT2D eigenvalue weighted by Crippen LogP contribution is 2.23. The first kappa shape index (κ1) is 20.6. The van der Waals surface area contributed by atoms with Crippen LogP contribution in [0.1, 0.15) is 51.5 Å². The van der Waals surface area contributed by atoms with Crippen LogP contribution in [0.15, 0.2) is 24.3 Å². The Morgan fingerprint density at radius 1 is 1.29 bits per heavy atom. The summed E-state index contributed by atoms with van der Waals surface area (Å²) in [4.78, 5) is 31.3. The number of likely N-dealkylation sites (tertiary alicyclic amines) is 1. The molecule has 3 rings (SSSR count). The van der Waals surface area contributed by atoms with Gasteiger partial charge in [-0.1, -0.05) is 12.1 Å². The van der Waals surface area contributed by atoms with Gasteiger partial charge in [0, 0.05) is 19.5 Å². The molecule has 1 fully saturated rings. The predicted molar refractivity (Wildman–Crippen MR) is 112 cm³/mol. The van der Waals surface area contributed by atoms with Crippen LogP contribution in [0, 0.1) is 0 Å². The molecular formula is C21H29N3O3S. The SMILES string of the molecule is CC(C)(C)OC(=O)N1CCCCC1C(=O)NCCCc1nc2ccccc2s1. The lowest BCUT2D eigenvalue weighted by atomic mass is 10.0. The fourth-order valence-electron chi connectivity index (χ4n) is 3.34. The number of carbonyl (C=O) groups is 2. The molecule has 0 bridgehead atoms. The number of hydrogen-bond acceptors (Lipinski definition) is 5. The van der Waals surface area contributed by atoms with Crippen LogP contribution in [-0.4, -0.2) is 46.6 Å². The van der Waals surface area contributed by atoms with Crippen molar-refractivity contribution in [2.45, 2.75) is 64.5 Å². The van der Waals surface area contributed by atoms with Crippen LogP contribution in [0.4, 0.5) is 4.79 Å². The molecule has 6 nitrogen and oxygen atoms in total. The molecule has 28 heavy (non-hydrogen) atoms. The smallest absolute Gasteiger partial charge is 0.410 e. The fourth-order valence-corrected chi connectivity index (χ4v) is 4.35. The summed E-state index contributed by atoms with van der Waals surface area (Å²) in [5, 5.41) is 4.08. The summed E-state index contributed by atoms with van der Waals surface area (Å²) < 4.78 is 6.66. The molecule has 2 amide bonds. The first-order chi connectivity index (χ1) is 13.3. The van der Waals surface area contributed by atoms with Crippen molar-refractivity contribution < 1.29 is 14.3 Å². The molecule has 2 aromatic rings. The van der Waals surface area contributed by atoms with Crippen LogP contribution in [0.25, 0.3) is 10.2 Å². The van der Waals surface area contributed by atoms with E-state index in [1.807, 2.05) is 39.0 Å². The van der Waals surface area contributed by atoms with Gasteiger partial charge >= 0.3 is 6.09 Å². The van der Waals surface area contributed by atoms with Crippen LogP contribution in [-0.2, 0) is 16.0 Å². The number of piperidine rings is 1. The Bertz CT molecular complexity index is 795. The van der Waals surface area contributed by atoms with Gasteiger partial charge in [0.25, 0.3) is 0 Å². The number of thiazole rings is 1. The first-order valence-corrected chi connectivity index (χ1v) is 10.8. The molecule has 2 heterocycles. The van der Waals surface area contributed by atoms with Crippen molar-refractivity contribution in [2.75, 3.05) is 13.1 Å². The second kappa shape index (κ2) is 8.90. The molecule has 1 aliphatic rings. The van der Waals surface area contributed by atoms with Gasteiger partial charge in [0.15, 0.2) is 0 Å². The van der Waals surface area contributed by atoms with Crippen LogP contribution >= 0.6 is 11.3 Å². The molecule has 1 unspecified atom stereocenters. The molecule has 0 spiro atoms. The standard InChI is InChI=1S/C21H29N3O3S/c1-21(2,3)27-20(26)24-14-7-6-10-16(24)19(25)22-13-8-12-18-23-15-9-4-5-11-17(15)28-18/h4-5,9,11,16H,6-8,10,12-14H2,1-3H3,(H,22,25). The summed E-state index contributed by atoms with van der Waals surface area (Å²) in [7, 11) is 0. The minimum atomic E-state index is -0.563. The maximum atomic E-state index is 12.7. The number of fused-ring (bicyclic) bond motifs is 1. The normalized spacial score (nSPS) is 17.5. The van der Waals surface area contributed by atoms with Crippen LogP contribution in [0.2, 0.25) is 0 Å². The van der Waals surface area contributed by atoms with Gasteiger partial charge in [0.2, 0.25) is 5.91 Å². The largest absolute Gasteiger partial charge is 0.444 e. The van der Waals surface area contributed by atoms with E-state index in [0.29, 0.717) is 19.5 Å². The van der Waals surface area contributed by atoms with Gasteiger partial charge in [-0.15, -0.1) is 11.3 Å². The van der Waals surface area contributed by atoms with Crippen LogP contribution in [0.5, 0.6) is 0 Å². The number of aromatic nitrogens is 1. The van der Waals surface area contributed by atoms with E-state index in [-0.39, 0.29) is 5.91 Å². The van der Waals surface area contributed by atoms with Gasteiger partial charge < -0.3 is 10.1 Å². The fraction of sp³-hybridized carbons (Fsp3) is 0.571. The van der Waals surface area contributed by atoms with Gasteiger partial charge in [0.05, 0.1) is 15.2 Å². The van der Waals surface area contributed by atoms with Gasteiger partial charge in [-0.05, 0) is 58.6 Å². The third kappa shape index (κ3) is 5.44. The molecule has 7 heteroatoms. The van der Waals surface area contributed by atoms with Crippen molar-refractivity contribution in [3.8, 4) is 0 Å². The molecule has 152 valence electrons. The Morgan fingerprint density at radius 2 is 2.07 bits per heavy atom. The Kier molecular flexibility index (Phi) is 6.54. The number of para-hydroxylation sites is 1. The second-order valence-electron chi connectivity index (χ2n) is 8.16. The summed E-state index contributed by atoms with van der Waals surface area (Å²) in [5.41, 5.74) is 0.467. The van der Waals surface area contributed by atoms with Crippen molar-refractivity contribution in [3.05, 3.63) is 29.3 Å². The van der Waals surface area contributed by atoms with Crippen molar-refractivity contribution in [3.63, 3.8) is 0 Å². The number of ether oxygens (including phenoxy) is 1. The Hall–Kier alpha value is -2.15. The van der Waals surface area contributed by atoms with Crippen molar-refractivity contribution >= 4 is 33.6 Å². The summed E-state index contributed by atoms with van der Waals surface area (Å²) >= 11 is 1.70. The zero-order chi connectivity index (χ0) is 20.1. The lowest BCUT2D eigenvalue weighted by Gasteiger charge is -2.35. The van der Waals surface area contributed by atoms with E-state index in [4.69, 9.17) is 4.74 Å². The molecule has 0 aliphatic carbocycles. The third-order valence-electron chi connectivity index (χ3n) is 4.64. The quantitative estimate of drug-likeness (QED) is 0.762. The van der Waals surface area contributed by atoms with Crippen LogP contribution in [0.3, 0.4) is 0 Å². The van der Waals surface area contributed by atoms with Gasteiger partial charge in [0.1, 0.15) is 11.6 Å². The average Bonchev–Trinajstić information content (AvgIpc) is 3.06. The van der Waals surface area contributed by atoms with Gasteiger partial charge in [-0.25, -0.2) is 9.78 Å². The molecule has 1 aromatic carbocycles. The van der Waals surface area contributed by atoms with Crippen molar-refractivity contribution in [1.82, 2.24) is 15.2 Å². The lowest BCUT2D eigenvalue weighted by Crippen LogP contribution is -2.53. The van der Waals surface area contributed by atoms with Crippen molar-refractivity contribution in [2.24, 2.45) is 0 Å². The summed E-state index contributed by atoms with van der Waals surface area (Å²) in [6.07, 6.45) is 3.79. The van der Waals surface area contributed by atoms with E-state index >= 15 is 0 Å². The molecule has 0 saturated carbocycles. The number of hydrogen-bond donors (Lipinski definition) is 1. The minimum absolute atomic E-state index is 0.0881. The molecule has 1 aromatic heterocycles. The highest BCUT2D eigenvalue weighted by atomic mass is 32.1. The monoisotopic (exact) mass is 403 g/mol. The average molecular weight is 404 g/mol. The van der Waals surface area contributed by atoms with E-state index in [0.717, 1.165) is 36.2 Å². The molecule has 0 radical (unpaired) electrons.